The van der Waals surface area contributed by atoms with Gasteiger partial charge in [-0.15, -0.1) is 0 Å². The van der Waals surface area contributed by atoms with E-state index < -0.39 is 61.0 Å². The summed E-state index contributed by atoms with van der Waals surface area (Å²) in [5.41, 5.74) is 0. The highest BCUT2D eigenvalue weighted by Gasteiger charge is 2.88. The first kappa shape index (κ1) is 25.8. The average molecular weight is 448 g/mol. The van der Waals surface area contributed by atoms with E-state index in [0.29, 0.717) is 0 Å². The van der Waals surface area contributed by atoms with Gasteiger partial charge in [-0.2, -0.15) is 48.3 Å². The molecule has 27 heavy (non-hydrogen) atoms. The summed E-state index contributed by atoms with van der Waals surface area (Å²) < 4.78 is 213. The number of hydrogen-bond donors (Lipinski definition) is 0. The molecule has 0 saturated carbocycles. The van der Waals surface area contributed by atoms with Crippen LogP contribution in [0.2, 0.25) is 0 Å². The van der Waals surface area contributed by atoms with E-state index in [2.05, 4.69) is 0 Å². The highest BCUT2D eigenvalue weighted by Crippen LogP contribution is 2.58. The molecule has 0 aliphatic carbocycles. The third kappa shape index (κ3) is 4.00. The molecule has 0 spiro atoms. The largest absolute Gasteiger partial charge is 0.460 e. The first-order chi connectivity index (χ1) is 11.6. The second kappa shape index (κ2) is 7.33. The van der Waals surface area contributed by atoms with Crippen molar-refractivity contribution in [3.63, 3.8) is 0 Å². The fraction of sp³-hybridized carbons (Fsp3) is 1.00. The van der Waals surface area contributed by atoms with Gasteiger partial charge in [0.2, 0.25) is 6.17 Å². The second-order valence-electron chi connectivity index (χ2n) is 4.91. The monoisotopic (exact) mass is 448 g/mol. The number of halogens is 17. The van der Waals surface area contributed by atoms with E-state index in [1.165, 1.54) is 0 Å². The van der Waals surface area contributed by atoms with Gasteiger partial charge in [-0.1, -0.05) is 0 Å². The molecule has 0 aliphatic rings. The third-order valence-electron chi connectivity index (χ3n) is 3.04. The van der Waals surface area contributed by atoms with Crippen LogP contribution in [-0.4, -0.2) is 61.0 Å². The first-order valence-electron chi connectivity index (χ1n) is 6.01. The van der Waals surface area contributed by atoms with Gasteiger partial charge in [0.1, 0.15) is 0 Å². The average Bonchev–Trinajstić information content (AvgIpc) is 2.49. The van der Waals surface area contributed by atoms with Gasteiger partial charge in [0.15, 0.2) is 18.5 Å². The van der Waals surface area contributed by atoms with Crippen LogP contribution in [0.25, 0.3) is 0 Å². The Hall–Kier alpha value is -1.19. The zero-order chi connectivity index (χ0) is 22.4. The van der Waals surface area contributed by atoms with Gasteiger partial charge in [-0.05, 0) is 0 Å². The summed E-state index contributed by atoms with van der Waals surface area (Å²) in [4.78, 5) is 0. The molecule has 0 aromatic rings. The van der Waals surface area contributed by atoms with Crippen LogP contribution in [0, 0.1) is 0 Å². The highest BCUT2D eigenvalue weighted by atomic mass is 19.4. The van der Waals surface area contributed by atoms with Crippen molar-refractivity contribution < 1.29 is 74.6 Å². The lowest BCUT2D eigenvalue weighted by molar-refractivity contribution is -0.428. The Labute approximate surface area is 137 Å². The van der Waals surface area contributed by atoms with Gasteiger partial charge in [-0.3, -0.25) is 0 Å². The number of hydrogen-bond acceptors (Lipinski definition) is 0. The standard InChI is InChI=1S/C10H5F17/c11-1(3(13)5(15)16)2(12)4(14)6(17,18)7(19,20)8(21,22)9(23,24)10(25,26)27/h1-5H. The van der Waals surface area contributed by atoms with Crippen LogP contribution >= 0.6 is 0 Å². The molecule has 0 saturated heterocycles. The molecule has 0 fully saturated rings. The predicted octanol–water partition coefficient (Wildman–Crippen LogP) is 5.71. The van der Waals surface area contributed by atoms with Crippen molar-refractivity contribution in [2.24, 2.45) is 0 Å². The summed E-state index contributed by atoms with van der Waals surface area (Å²) in [5, 5.41) is 0. The predicted molar refractivity (Wildman–Crippen MR) is 51.4 cm³/mol. The second-order valence-corrected chi connectivity index (χ2v) is 4.91. The minimum absolute atomic E-state index is 4.44. The Morgan fingerprint density at radius 3 is 1.07 bits per heavy atom. The van der Waals surface area contributed by atoms with Crippen molar-refractivity contribution in [1.82, 2.24) is 0 Å². The Morgan fingerprint density at radius 2 is 0.778 bits per heavy atom. The topological polar surface area (TPSA) is 0 Å². The van der Waals surface area contributed by atoms with Crippen LogP contribution in [0.3, 0.4) is 0 Å². The Bertz CT molecular complexity index is 492. The molecule has 0 aromatic heterocycles. The van der Waals surface area contributed by atoms with Crippen molar-refractivity contribution in [1.29, 1.82) is 0 Å². The lowest BCUT2D eigenvalue weighted by Crippen LogP contribution is -2.69. The van der Waals surface area contributed by atoms with Crippen LogP contribution < -0.4 is 0 Å². The van der Waals surface area contributed by atoms with Gasteiger partial charge < -0.3 is 0 Å². The van der Waals surface area contributed by atoms with Crippen molar-refractivity contribution >= 4 is 0 Å². The summed E-state index contributed by atoms with van der Waals surface area (Å²) in [6, 6.07) is 0. The van der Waals surface area contributed by atoms with Crippen molar-refractivity contribution in [3.8, 4) is 0 Å². The molecular formula is C10H5F17. The van der Waals surface area contributed by atoms with E-state index in [1.807, 2.05) is 0 Å². The number of rotatable bonds is 8. The van der Waals surface area contributed by atoms with Crippen LogP contribution in [-0.2, 0) is 0 Å². The maximum Gasteiger partial charge on any atom is 0.460 e. The quantitative estimate of drug-likeness (QED) is 0.418. The zero-order valence-electron chi connectivity index (χ0n) is 11.8. The van der Waals surface area contributed by atoms with Gasteiger partial charge >= 0.3 is 29.9 Å². The van der Waals surface area contributed by atoms with Crippen molar-refractivity contribution in [2.45, 2.75) is 61.0 Å². The molecule has 164 valence electrons. The van der Waals surface area contributed by atoms with Crippen molar-refractivity contribution in [3.05, 3.63) is 0 Å². The summed E-state index contributed by atoms with van der Waals surface area (Å²) in [6.45, 7) is 0. The maximum atomic E-state index is 13.1. The molecule has 0 N–H and O–H groups in total. The molecule has 0 nitrogen and oxygen atoms in total. The fourth-order valence-electron chi connectivity index (χ4n) is 1.43. The third-order valence-corrected chi connectivity index (χ3v) is 3.04. The minimum atomic E-state index is -8.12. The Morgan fingerprint density at radius 1 is 0.407 bits per heavy atom. The van der Waals surface area contributed by atoms with Crippen LogP contribution in [0.4, 0.5) is 74.6 Å². The molecule has 0 radical (unpaired) electrons. The lowest BCUT2D eigenvalue weighted by atomic mass is 9.91. The molecule has 17 heteroatoms. The van der Waals surface area contributed by atoms with E-state index in [9.17, 15) is 74.6 Å². The van der Waals surface area contributed by atoms with E-state index in [0.717, 1.165) is 0 Å². The molecule has 0 aliphatic heterocycles. The molecule has 4 unspecified atom stereocenters. The molecule has 0 aromatic carbocycles. The SMILES string of the molecule is FC(F)C(F)C(F)C(F)C(F)C(F)(F)C(F)(F)C(F)(F)C(F)(F)C(F)(F)F. The molecule has 0 heterocycles. The van der Waals surface area contributed by atoms with E-state index >= 15 is 0 Å². The molecule has 0 rings (SSSR count). The lowest BCUT2D eigenvalue weighted by Gasteiger charge is -2.39. The smallest absolute Gasteiger partial charge is 0.241 e. The zero-order valence-corrected chi connectivity index (χ0v) is 11.8. The number of alkyl halides is 17. The Kier molecular flexibility index (Phi) is 7.01. The van der Waals surface area contributed by atoms with Gasteiger partial charge in [-0.25, -0.2) is 26.3 Å². The van der Waals surface area contributed by atoms with E-state index in [-0.39, 0.29) is 0 Å². The van der Waals surface area contributed by atoms with Gasteiger partial charge in [0.25, 0.3) is 6.43 Å². The normalized spacial score (nSPS) is 19.8. The van der Waals surface area contributed by atoms with E-state index in [1.54, 1.807) is 0 Å². The molecule has 0 bridgehead atoms. The molecular weight excluding hydrogens is 443 g/mol. The molecule has 4 atom stereocenters. The van der Waals surface area contributed by atoms with Crippen LogP contribution in [0.1, 0.15) is 0 Å². The Balaban J connectivity index is 6.03. The summed E-state index contributed by atoms with van der Waals surface area (Å²) in [6.07, 6.45) is -32.0. The van der Waals surface area contributed by atoms with Crippen LogP contribution in [0.5, 0.6) is 0 Å². The summed E-state index contributed by atoms with van der Waals surface area (Å²) in [7, 11) is 0. The summed E-state index contributed by atoms with van der Waals surface area (Å²) >= 11 is 0. The highest BCUT2D eigenvalue weighted by molar-refractivity contribution is 5.10. The fourth-order valence-corrected chi connectivity index (χ4v) is 1.43. The maximum absolute atomic E-state index is 13.1. The first-order valence-corrected chi connectivity index (χ1v) is 6.01. The summed E-state index contributed by atoms with van der Waals surface area (Å²) in [5.74, 6) is -31.6. The van der Waals surface area contributed by atoms with Gasteiger partial charge in [0.05, 0.1) is 0 Å². The van der Waals surface area contributed by atoms with E-state index in [4.69, 9.17) is 0 Å². The molecule has 0 amide bonds. The minimum Gasteiger partial charge on any atom is -0.241 e. The van der Waals surface area contributed by atoms with Crippen LogP contribution in [0.15, 0.2) is 0 Å². The van der Waals surface area contributed by atoms with Crippen molar-refractivity contribution in [2.75, 3.05) is 0 Å². The van der Waals surface area contributed by atoms with Gasteiger partial charge in [0, 0.05) is 0 Å².